The number of halogens is 3. The monoisotopic (exact) mass is 492 g/mol. The number of carbonyl (C=O) groups is 1. The zero-order valence-electron chi connectivity index (χ0n) is 19.0. The molecule has 1 aliphatic carbocycles. The fourth-order valence-electron chi connectivity index (χ4n) is 4.52. The number of aryl methyl sites for hydroxylation is 1. The van der Waals surface area contributed by atoms with Crippen LogP contribution in [0.2, 0.25) is 0 Å². The molecular weight excluding hydrogens is 465 g/mol. The molecule has 1 aliphatic rings. The molecule has 0 spiro atoms. The maximum atomic E-state index is 13.2. The Labute approximate surface area is 199 Å². The predicted octanol–water partition coefficient (Wildman–Crippen LogP) is 3.87. The van der Waals surface area contributed by atoms with Crippen LogP contribution < -0.4 is 16.6 Å². The largest absolute Gasteiger partial charge is 0.416 e. The molecule has 1 aromatic carbocycles. The number of primary amides is 1. The van der Waals surface area contributed by atoms with Gasteiger partial charge in [0.1, 0.15) is 4.83 Å². The Morgan fingerprint density at radius 2 is 2.12 bits per heavy atom. The second kappa shape index (κ2) is 9.50. The summed E-state index contributed by atoms with van der Waals surface area (Å²) in [5.41, 5.74) is 5.92. The number of aromatic nitrogens is 2. The highest BCUT2D eigenvalue weighted by atomic mass is 32.1. The SMILES string of the molecule is CC(C)C[C@H](NC1CCc2c(sc3ncn(Cc4cccc(C(F)(F)F)c4)c(=O)c23)C1)C(N)=O. The fraction of sp³-hybridized carbons (Fsp3) is 0.458. The Morgan fingerprint density at radius 1 is 1.35 bits per heavy atom. The van der Waals surface area contributed by atoms with Gasteiger partial charge in [0.2, 0.25) is 5.91 Å². The van der Waals surface area contributed by atoms with E-state index in [0.29, 0.717) is 41.0 Å². The molecule has 1 amide bonds. The molecule has 0 bridgehead atoms. The van der Waals surface area contributed by atoms with E-state index in [4.69, 9.17) is 5.73 Å². The Bertz CT molecular complexity index is 1270. The topological polar surface area (TPSA) is 90.0 Å². The van der Waals surface area contributed by atoms with E-state index in [9.17, 15) is 22.8 Å². The average molecular weight is 493 g/mol. The molecule has 34 heavy (non-hydrogen) atoms. The lowest BCUT2D eigenvalue weighted by Crippen LogP contribution is -2.48. The molecule has 2 aromatic heterocycles. The molecule has 0 radical (unpaired) electrons. The summed E-state index contributed by atoms with van der Waals surface area (Å²) in [5.74, 6) is -0.0389. The first-order valence-electron chi connectivity index (χ1n) is 11.2. The van der Waals surface area contributed by atoms with E-state index in [1.54, 1.807) is 6.07 Å². The third kappa shape index (κ3) is 5.17. The van der Waals surface area contributed by atoms with E-state index in [2.05, 4.69) is 10.3 Å². The Morgan fingerprint density at radius 3 is 2.79 bits per heavy atom. The van der Waals surface area contributed by atoms with Crippen molar-refractivity contribution in [1.82, 2.24) is 14.9 Å². The third-order valence-electron chi connectivity index (χ3n) is 6.13. The number of rotatable bonds is 7. The lowest BCUT2D eigenvalue weighted by Gasteiger charge is -2.28. The normalized spacial score (nSPS) is 17.2. The molecule has 0 fully saturated rings. The van der Waals surface area contributed by atoms with Gasteiger partial charge in [0, 0.05) is 10.9 Å². The molecule has 3 aromatic rings. The van der Waals surface area contributed by atoms with Crippen LogP contribution in [0.5, 0.6) is 0 Å². The zero-order valence-corrected chi connectivity index (χ0v) is 19.8. The van der Waals surface area contributed by atoms with Crippen molar-refractivity contribution in [1.29, 1.82) is 0 Å². The summed E-state index contributed by atoms with van der Waals surface area (Å²) in [4.78, 5) is 31.2. The quantitative estimate of drug-likeness (QED) is 0.524. The van der Waals surface area contributed by atoms with Crippen molar-refractivity contribution in [3.05, 3.63) is 62.5 Å². The predicted molar refractivity (Wildman–Crippen MR) is 126 cm³/mol. The highest BCUT2D eigenvalue weighted by Crippen LogP contribution is 2.34. The van der Waals surface area contributed by atoms with Crippen LogP contribution >= 0.6 is 11.3 Å². The maximum Gasteiger partial charge on any atom is 0.416 e. The Hall–Kier alpha value is -2.72. The van der Waals surface area contributed by atoms with Crippen LogP contribution in [0.15, 0.2) is 35.4 Å². The van der Waals surface area contributed by atoms with Gasteiger partial charge in [-0.2, -0.15) is 13.2 Å². The number of alkyl halides is 3. The number of benzene rings is 1. The van der Waals surface area contributed by atoms with E-state index in [1.807, 2.05) is 13.8 Å². The van der Waals surface area contributed by atoms with Crippen molar-refractivity contribution in [3.63, 3.8) is 0 Å². The number of nitrogens with two attached hydrogens (primary N) is 1. The van der Waals surface area contributed by atoms with Gasteiger partial charge in [0.25, 0.3) is 5.56 Å². The number of carbonyl (C=O) groups excluding carboxylic acids is 1. The van der Waals surface area contributed by atoms with Crippen molar-refractivity contribution >= 4 is 27.5 Å². The van der Waals surface area contributed by atoms with E-state index >= 15 is 0 Å². The van der Waals surface area contributed by atoms with Crippen LogP contribution in [0, 0.1) is 5.92 Å². The van der Waals surface area contributed by atoms with Crippen LogP contribution in [-0.2, 0) is 30.4 Å². The van der Waals surface area contributed by atoms with Gasteiger partial charge in [0.05, 0.1) is 29.9 Å². The van der Waals surface area contributed by atoms with Crippen LogP contribution in [0.1, 0.15) is 48.3 Å². The van der Waals surface area contributed by atoms with E-state index in [-0.39, 0.29) is 24.1 Å². The third-order valence-corrected chi connectivity index (χ3v) is 7.29. The van der Waals surface area contributed by atoms with Crippen molar-refractivity contribution in [2.24, 2.45) is 11.7 Å². The Kier molecular flexibility index (Phi) is 6.82. The molecule has 3 N–H and O–H groups in total. The highest BCUT2D eigenvalue weighted by molar-refractivity contribution is 7.18. The lowest BCUT2D eigenvalue weighted by atomic mass is 9.91. The molecular formula is C24H27F3N4O2S. The van der Waals surface area contributed by atoms with Gasteiger partial charge in [0.15, 0.2) is 0 Å². The molecule has 2 heterocycles. The number of hydrogen-bond donors (Lipinski definition) is 2. The first kappa shape index (κ1) is 24.4. The number of nitrogens with one attached hydrogen (secondary N) is 1. The van der Waals surface area contributed by atoms with Crippen molar-refractivity contribution in [2.75, 3.05) is 0 Å². The summed E-state index contributed by atoms with van der Waals surface area (Å²) >= 11 is 1.46. The summed E-state index contributed by atoms with van der Waals surface area (Å²) in [6.45, 7) is 4.09. The van der Waals surface area contributed by atoms with E-state index < -0.39 is 17.8 Å². The average Bonchev–Trinajstić information content (AvgIpc) is 3.13. The molecule has 0 saturated carbocycles. The lowest BCUT2D eigenvalue weighted by molar-refractivity contribution is -0.137. The van der Waals surface area contributed by atoms with Crippen LogP contribution in [0.25, 0.3) is 10.2 Å². The number of nitrogens with zero attached hydrogens (tertiary/aromatic N) is 2. The van der Waals surface area contributed by atoms with Crippen LogP contribution in [-0.4, -0.2) is 27.5 Å². The minimum atomic E-state index is -4.44. The minimum Gasteiger partial charge on any atom is -0.368 e. The number of fused-ring (bicyclic) bond motifs is 3. The summed E-state index contributed by atoms with van der Waals surface area (Å²) < 4.78 is 40.5. The molecule has 0 aliphatic heterocycles. The zero-order chi connectivity index (χ0) is 24.6. The van der Waals surface area contributed by atoms with E-state index in [0.717, 1.165) is 29.0 Å². The van der Waals surface area contributed by atoms with Gasteiger partial charge in [-0.3, -0.25) is 14.2 Å². The van der Waals surface area contributed by atoms with Crippen molar-refractivity contribution < 1.29 is 18.0 Å². The minimum absolute atomic E-state index is 0.00991. The number of thiophene rings is 1. The molecule has 10 heteroatoms. The maximum absolute atomic E-state index is 13.2. The number of amides is 1. The number of hydrogen-bond acceptors (Lipinski definition) is 5. The highest BCUT2D eigenvalue weighted by Gasteiger charge is 2.31. The summed E-state index contributed by atoms with van der Waals surface area (Å²) in [6, 6.07) is 4.65. The smallest absolute Gasteiger partial charge is 0.368 e. The van der Waals surface area contributed by atoms with Crippen molar-refractivity contribution in [3.8, 4) is 0 Å². The van der Waals surface area contributed by atoms with Gasteiger partial charge in [-0.25, -0.2) is 4.98 Å². The molecule has 4 rings (SSSR count). The van der Waals surface area contributed by atoms with Gasteiger partial charge < -0.3 is 11.1 Å². The molecule has 6 nitrogen and oxygen atoms in total. The fourth-order valence-corrected chi connectivity index (χ4v) is 5.78. The summed E-state index contributed by atoms with van der Waals surface area (Å²) in [7, 11) is 0. The second-order valence-electron chi connectivity index (χ2n) is 9.25. The summed E-state index contributed by atoms with van der Waals surface area (Å²) in [5, 5.41) is 3.93. The van der Waals surface area contributed by atoms with Gasteiger partial charge >= 0.3 is 6.18 Å². The standard InChI is InChI=1S/C24H27F3N4O2S/c1-13(2)8-18(21(28)32)30-16-6-7-17-19(10-16)34-22-20(17)23(33)31(12-29-22)11-14-4-3-5-15(9-14)24(25,26)27/h3-5,9,12-13,16,18,30H,6-8,10-11H2,1-2H3,(H2,28,32)/t16?,18-/m0/s1. The summed E-state index contributed by atoms with van der Waals surface area (Å²) in [6.07, 6.45) is -0.303. The van der Waals surface area contributed by atoms with Crippen molar-refractivity contribution in [2.45, 2.75) is 64.3 Å². The van der Waals surface area contributed by atoms with Gasteiger partial charge in [-0.15, -0.1) is 11.3 Å². The van der Waals surface area contributed by atoms with Crippen LogP contribution in [0.3, 0.4) is 0 Å². The molecule has 0 saturated heterocycles. The van der Waals surface area contributed by atoms with Crippen LogP contribution in [0.4, 0.5) is 13.2 Å². The molecule has 2 atom stereocenters. The molecule has 182 valence electrons. The first-order chi connectivity index (χ1) is 16.0. The van der Waals surface area contributed by atoms with E-state index in [1.165, 1.54) is 28.3 Å². The van der Waals surface area contributed by atoms with Gasteiger partial charge in [-0.05, 0) is 54.9 Å². The van der Waals surface area contributed by atoms with Gasteiger partial charge in [-0.1, -0.05) is 26.0 Å². The Balaban J connectivity index is 1.58. The second-order valence-corrected chi connectivity index (χ2v) is 10.3. The first-order valence-corrected chi connectivity index (χ1v) is 12.1. The molecule has 1 unspecified atom stereocenters.